The lowest BCUT2D eigenvalue weighted by atomic mass is 10.1. The fourth-order valence-electron chi connectivity index (χ4n) is 3.14. The van der Waals surface area contributed by atoms with E-state index in [9.17, 15) is 9.59 Å². The Balaban J connectivity index is 1.63. The van der Waals surface area contributed by atoms with Gasteiger partial charge in [-0.1, -0.05) is 18.2 Å². The highest BCUT2D eigenvalue weighted by Gasteiger charge is 2.22. The number of carbonyl (C=O) groups is 2. The normalized spacial score (nSPS) is 13.8. The van der Waals surface area contributed by atoms with Gasteiger partial charge >= 0.3 is 0 Å². The van der Waals surface area contributed by atoms with Crippen molar-refractivity contribution in [2.75, 3.05) is 32.1 Å². The first kappa shape index (κ1) is 18.0. The Kier molecular flexibility index (Phi) is 5.56. The van der Waals surface area contributed by atoms with E-state index in [0.29, 0.717) is 18.5 Å². The summed E-state index contributed by atoms with van der Waals surface area (Å²) in [7, 11) is 3.45. The van der Waals surface area contributed by atoms with E-state index in [-0.39, 0.29) is 11.8 Å². The Labute approximate surface area is 154 Å². The Morgan fingerprint density at radius 3 is 2.62 bits per heavy atom. The number of amides is 2. The molecule has 0 saturated carbocycles. The average Bonchev–Trinajstić information content (AvgIpc) is 3.12. The van der Waals surface area contributed by atoms with Crippen LogP contribution in [0.25, 0.3) is 0 Å². The summed E-state index contributed by atoms with van der Waals surface area (Å²) in [5, 5.41) is 0. The van der Waals surface area contributed by atoms with Crippen molar-refractivity contribution in [2.45, 2.75) is 19.3 Å². The summed E-state index contributed by atoms with van der Waals surface area (Å²) in [4.78, 5) is 28.1. The standard InChI is InChI=1S/C21H24N2O3/c1-22(14-12-16-8-10-19(26-2)11-9-16)21(25)17-5-3-6-18(15-17)23-13-4-7-20(23)24/h3,5-6,8-11,15H,4,7,12-14H2,1-2H3. The quantitative estimate of drug-likeness (QED) is 0.802. The Morgan fingerprint density at radius 2 is 1.96 bits per heavy atom. The average molecular weight is 352 g/mol. The molecule has 2 aromatic rings. The first-order valence-corrected chi connectivity index (χ1v) is 8.87. The van der Waals surface area contributed by atoms with Gasteiger partial charge < -0.3 is 14.5 Å². The van der Waals surface area contributed by atoms with Gasteiger partial charge in [-0.3, -0.25) is 9.59 Å². The third-order valence-corrected chi connectivity index (χ3v) is 4.72. The molecule has 0 spiro atoms. The van der Waals surface area contributed by atoms with Crippen LogP contribution >= 0.6 is 0 Å². The fourth-order valence-corrected chi connectivity index (χ4v) is 3.14. The molecule has 1 aliphatic heterocycles. The lowest BCUT2D eigenvalue weighted by Gasteiger charge is -2.20. The number of hydrogen-bond acceptors (Lipinski definition) is 3. The first-order valence-electron chi connectivity index (χ1n) is 8.87. The summed E-state index contributed by atoms with van der Waals surface area (Å²) in [6.45, 7) is 1.35. The van der Waals surface area contributed by atoms with Crippen LogP contribution in [-0.2, 0) is 11.2 Å². The van der Waals surface area contributed by atoms with Gasteiger partial charge in [-0.25, -0.2) is 0 Å². The zero-order chi connectivity index (χ0) is 18.5. The molecule has 0 atom stereocenters. The number of hydrogen-bond donors (Lipinski definition) is 0. The molecular formula is C21H24N2O3. The maximum Gasteiger partial charge on any atom is 0.253 e. The second-order valence-electron chi connectivity index (χ2n) is 6.52. The molecule has 5 heteroatoms. The second-order valence-corrected chi connectivity index (χ2v) is 6.52. The first-order chi connectivity index (χ1) is 12.6. The molecule has 2 amide bonds. The summed E-state index contributed by atoms with van der Waals surface area (Å²) in [6, 6.07) is 15.2. The predicted molar refractivity (Wildman–Crippen MR) is 102 cm³/mol. The summed E-state index contributed by atoms with van der Waals surface area (Å²) in [6.07, 6.45) is 2.23. The monoisotopic (exact) mass is 352 g/mol. The molecule has 1 aliphatic rings. The maximum absolute atomic E-state index is 12.7. The van der Waals surface area contributed by atoms with Crippen molar-refractivity contribution in [3.63, 3.8) is 0 Å². The molecule has 5 nitrogen and oxygen atoms in total. The highest BCUT2D eigenvalue weighted by molar-refractivity contribution is 5.99. The maximum atomic E-state index is 12.7. The second kappa shape index (κ2) is 8.04. The number of likely N-dealkylation sites (N-methyl/N-ethyl adjacent to an activating group) is 1. The van der Waals surface area contributed by atoms with Crippen LogP contribution in [0, 0.1) is 0 Å². The van der Waals surface area contributed by atoms with E-state index in [4.69, 9.17) is 4.74 Å². The number of anilines is 1. The topological polar surface area (TPSA) is 49.9 Å². The third kappa shape index (κ3) is 4.04. The van der Waals surface area contributed by atoms with Crippen LogP contribution in [-0.4, -0.2) is 44.0 Å². The number of rotatable bonds is 6. The molecule has 1 heterocycles. The smallest absolute Gasteiger partial charge is 0.253 e. The van der Waals surface area contributed by atoms with E-state index in [1.807, 2.05) is 42.5 Å². The van der Waals surface area contributed by atoms with Gasteiger partial charge in [0.1, 0.15) is 5.75 Å². The predicted octanol–water partition coefficient (Wildman–Crippen LogP) is 3.14. The van der Waals surface area contributed by atoms with Crippen molar-refractivity contribution in [3.05, 3.63) is 59.7 Å². The van der Waals surface area contributed by atoms with Crippen LogP contribution in [0.1, 0.15) is 28.8 Å². The molecule has 0 aromatic heterocycles. The van der Waals surface area contributed by atoms with Gasteiger partial charge in [0, 0.05) is 37.8 Å². The Morgan fingerprint density at radius 1 is 1.19 bits per heavy atom. The van der Waals surface area contributed by atoms with E-state index in [1.165, 1.54) is 0 Å². The lowest BCUT2D eigenvalue weighted by Crippen LogP contribution is -2.29. The van der Waals surface area contributed by atoms with Crippen LogP contribution < -0.4 is 9.64 Å². The van der Waals surface area contributed by atoms with Gasteiger partial charge in [0.05, 0.1) is 7.11 Å². The molecule has 0 N–H and O–H groups in total. The highest BCUT2D eigenvalue weighted by atomic mass is 16.5. The molecule has 0 unspecified atom stereocenters. The summed E-state index contributed by atoms with van der Waals surface area (Å²) >= 11 is 0. The summed E-state index contributed by atoms with van der Waals surface area (Å²) in [5.41, 5.74) is 2.57. The Bertz CT molecular complexity index is 786. The molecule has 1 saturated heterocycles. The van der Waals surface area contributed by atoms with Crippen molar-refractivity contribution < 1.29 is 14.3 Å². The van der Waals surface area contributed by atoms with Crippen molar-refractivity contribution in [1.29, 1.82) is 0 Å². The van der Waals surface area contributed by atoms with Gasteiger partial charge in [0.25, 0.3) is 5.91 Å². The van der Waals surface area contributed by atoms with Crippen molar-refractivity contribution >= 4 is 17.5 Å². The van der Waals surface area contributed by atoms with Gasteiger partial charge in [0.2, 0.25) is 5.91 Å². The van der Waals surface area contributed by atoms with Gasteiger partial charge in [-0.2, -0.15) is 0 Å². The minimum absolute atomic E-state index is 0.0352. The lowest BCUT2D eigenvalue weighted by molar-refractivity contribution is -0.117. The van der Waals surface area contributed by atoms with Gasteiger partial charge in [-0.05, 0) is 48.7 Å². The molecule has 1 fully saturated rings. The van der Waals surface area contributed by atoms with E-state index in [2.05, 4.69) is 0 Å². The Hall–Kier alpha value is -2.82. The van der Waals surface area contributed by atoms with Crippen LogP contribution in [0.15, 0.2) is 48.5 Å². The molecule has 136 valence electrons. The highest BCUT2D eigenvalue weighted by Crippen LogP contribution is 2.22. The number of carbonyl (C=O) groups excluding carboxylic acids is 2. The minimum atomic E-state index is -0.0352. The molecule has 26 heavy (non-hydrogen) atoms. The SMILES string of the molecule is COc1ccc(CCN(C)C(=O)c2cccc(N3CCCC3=O)c2)cc1. The van der Waals surface area contributed by atoms with Crippen LogP contribution in [0.3, 0.4) is 0 Å². The summed E-state index contributed by atoms with van der Waals surface area (Å²) < 4.78 is 5.16. The zero-order valence-electron chi connectivity index (χ0n) is 15.3. The summed E-state index contributed by atoms with van der Waals surface area (Å²) in [5.74, 6) is 0.918. The number of benzene rings is 2. The zero-order valence-corrected chi connectivity index (χ0v) is 15.3. The number of methoxy groups -OCH3 is 1. The molecule has 2 aromatic carbocycles. The fraction of sp³-hybridized carbons (Fsp3) is 0.333. The van der Waals surface area contributed by atoms with Gasteiger partial charge in [-0.15, -0.1) is 0 Å². The van der Waals surface area contributed by atoms with E-state index >= 15 is 0 Å². The van der Waals surface area contributed by atoms with Gasteiger partial charge in [0.15, 0.2) is 0 Å². The van der Waals surface area contributed by atoms with Crippen molar-refractivity contribution in [2.24, 2.45) is 0 Å². The van der Waals surface area contributed by atoms with Crippen LogP contribution in [0.4, 0.5) is 5.69 Å². The number of ether oxygens (including phenoxy) is 1. The van der Waals surface area contributed by atoms with E-state index < -0.39 is 0 Å². The van der Waals surface area contributed by atoms with Crippen LogP contribution in [0.5, 0.6) is 5.75 Å². The third-order valence-electron chi connectivity index (χ3n) is 4.72. The molecule has 0 aliphatic carbocycles. The van der Waals surface area contributed by atoms with Crippen molar-refractivity contribution in [1.82, 2.24) is 4.90 Å². The molecule has 0 bridgehead atoms. The number of nitrogens with zero attached hydrogens (tertiary/aromatic N) is 2. The van der Waals surface area contributed by atoms with E-state index in [1.54, 1.807) is 30.0 Å². The van der Waals surface area contributed by atoms with E-state index in [0.717, 1.165) is 36.4 Å². The van der Waals surface area contributed by atoms with Crippen molar-refractivity contribution in [3.8, 4) is 5.75 Å². The minimum Gasteiger partial charge on any atom is -0.497 e. The largest absolute Gasteiger partial charge is 0.497 e. The molecule has 3 rings (SSSR count). The molecular weight excluding hydrogens is 328 g/mol. The molecule has 0 radical (unpaired) electrons. The van der Waals surface area contributed by atoms with Crippen LogP contribution in [0.2, 0.25) is 0 Å².